The first-order valence-corrected chi connectivity index (χ1v) is 13.0. The molecule has 3 heterocycles. The Labute approximate surface area is 209 Å². The van der Waals surface area contributed by atoms with Crippen molar-refractivity contribution in [3.63, 3.8) is 0 Å². The van der Waals surface area contributed by atoms with E-state index in [9.17, 15) is 15.3 Å². The van der Waals surface area contributed by atoms with Crippen molar-refractivity contribution in [3.05, 3.63) is 23.7 Å². The Morgan fingerprint density at radius 1 is 1.11 bits per heavy atom. The maximum absolute atomic E-state index is 10.8. The zero-order valence-electron chi connectivity index (χ0n) is 20.9. The predicted octanol–water partition coefficient (Wildman–Crippen LogP) is 2.90. The first-order valence-electron chi connectivity index (χ1n) is 12.2. The number of pyridine rings is 1. The van der Waals surface area contributed by atoms with Crippen LogP contribution >= 0.6 is 11.3 Å². The maximum Gasteiger partial charge on any atom is 0.227 e. The van der Waals surface area contributed by atoms with Gasteiger partial charge in [-0.3, -0.25) is 4.98 Å². The number of anilines is 2. The van der Waals surface area contributed by atoms with Crippen LogP contribution in [0.2, 0.25) is 0 Å². The average molecular weight is 499 g/mol. The third-order valence-electron chi connectivity index (χ3n) is 7.26. The highest BCUT2D eigenvalue weighted by Gasteiger charge is 2.48. The van der Waals surface area contributed by atoms with Crippen LogP contribution < -0.4 is 10.2 Å². The second-order valence-corrected chi connectivity index (χ2v) is 11.7. The van der Waals surface area contributed by atoms with Gasteiger partial charge < -0.3 is 25.5 Å². The molecule has 3 aromatic rings. The molecule has 2 aliphatic rings. The molecule has 0 bridgehead atoms. The summed E-state index contributed by atoms with van der Waals surface area (Å²) in [5.41, 5.74) is 2.17. The Morgan fingerprint density at radius 2 is 1.86 bits per heavy atom. The molecule has 35 heavy (non-hydrogen) atoms. The van der Waals surface area contributed by atoms with E-state index >= 15 is 0 Å². The van der Waals surface area contributed by atoms with Crippen LogP contribution in [-0.4, -0.2) is 72.7 Å². The average Bonchev–Trinajstić information content (AvgIpc) is 3.41. The molecule has 4 atom stereocenters. The second kappa shape index (κ2) is 8.92. The number of aliphatic hydroxyl groups excluding tert-OH is 2. The Balaban J connectivity index is 1.56. The Bertz CT molecular complexity index is 1240. The summed E-state index contributed by atoms with van der Waals surface area (Å²) in [7, 11) is 2.00. The SMILES string of the molecule is Cc1nc(N(C)CC2CC2)nc(N[C@@H]2C[C@H](C(C)(C)O)[C@@H](O)[C@H]2O)c1-c1nc2c(C)nccc2s1. The summed E-state index contributed by atoms with van der Waals surface area (Å²) in [6.45, 7) is 8.12. The van der Waals surface area contributed by atoms with Crippen LogP contribution in [0.25, 0.3) is 20.8 Å². The molecule has 2 saturated carbocycles. The van der Waals surface area contributed by atoms with Crippen molar-refractivity contribution in [1.82, 2.24) is 19.9 Å². The zero-order valence-corrected chi connectivity index (χ0v) is 21.7. The van der Waals surface area contributed by atoms with Crippen molar-refractivity contribution in [2.75, 3.05) is 23.8 Å². The molecule has 2 aliphatic carbocycles. The summed E-state index contributed by atoms with van der Waals surface area (Å²) < 4.78 is 1.03. The molecule has 9 nitrogen and oxygen atoms in total. The molecule has 2 fully saturated rings. The quantitative estimate of drug-likeness (QED) is 0.389. The number of nitrogens with zero attached hydrogens (tertiary/aromatic N) is 5. The van der Waals surface area contributed by atoms with Crippen molar-refractivity contribution in [3.8, 4) is 10.6 Å². The van der Waals surface area contributed by atoms with Crippen molar-refractivity contribution in [2.24, 2.45) is 11.8 Å². The van der Waals surface area contributed by atoms with Gasteiger partial charge in [0, 0.05) is 25.7 Å². The largest absolute Gasteiger partial charge is 0.390 e. The number of hydrogen-bond donors (Lipinski definition) is 4. The highest BCUT2D eigenvalue weighted by Crippen LogP contribution is 2.40. The molecule has 0 spiro atoms. The van der Waals surface area contributed by atoms with Crippen molar-refractivity contribution in [1.29, 1.82) is 0 Å². The normalized spacial score (nSPS) is 24.8. The molecule has 188 valence electrons. The van der Waals surface area contributed by atoms with E-state index in [-0.39, 0.29) is 0 Å². The lowest BCUT2D eigenvalue weighted by Crippen LogP contribution is -2.40. The summed E-state index contributed by atoms with van der Waals surface area (Å²) >= 11 is 1.56. The monoisotopic (exact) mass is 498 g/mol. The van der Waals surface area contributed by atoms with Gasteiger partial charge in [-0.15, -0.1) is 11.3 Å². The summed E-state index contributed by atoms with van der Waals surface area (Å²) in [5.74, 6) is 1.41. The van der Waals surface area contributed by atoms with E-state index in [1.807, 2.05) is 27.0 Å². The topological polar surface area (TPSA) is 128 Å². The first-order chi connectivity index (χ1) is 16.5. The van der Waals surface area contributed by atoms with Crippen LogP contribution in [0.1, 0.15) is 44.5 Å². The van der Waals surface area contributed by atoms with Crippen molar-refractivity contribution < 1.29 is 15.3 Å². The fourth-order valence-electron chi connectivity index (χ4n) is 5.00. The van der Waals surface area contributed by atoms with E-state index in [1.54, 1.807) is 31.4 Å². The number of rotatable bonds is 7. The molecule has 0 aromatic carbocycles. The lowest BCUT2D eigenvalue weighted by Gasteiger charge is -2.28. The predicted molar refractivity (Wildman–Crippen MR) is 138 cm³/mol. The molecular weight excluding hydrogens is 464 g/mol. The van der Waals surface area contributed by atoms with Gasteiger partial charge in [0.05, 0.1) is 39.4 Å². The van der Waals surface area contributed by atoms with Crippen LogP contribution in [0.5, 0.6) is 0 Å². The summed E-state index contributed by atoms with van der Waals surface area (Å²) in [5, 5.41) is 36.2. The highest BCUT2D eigenvalue weighted by atomic mass is 32.1. The van der Waals surface area contributed by atoms with E-state index in [0.717, 1.165) is 38.7 Å². The maximum atomic E-state index is 10.8. The molecule has 0 saturated heterocycles. The van der Waals surface area contributed by atoms with Gasteiger partial charge in [0.1, 0.15) is 22.4 Å². The molecule has 0 aliphatic heterocycles. The number of nitrogens with one attached hydrogen (secondary N) is 1. The van der Waals surface area contributed by atoms with Crippen molar-refractivity contribution >= 4 is 33.3 Å². The van der Waals surface area contributed by atoms with Crippen LogP contribution in [0, 0.1) is 25.7 Å². The second-order valence-electron chi connectivity index (χ2n) is 10.6. The Hall–Kier alpha value is -2.40. The molecular formula is C25H34N6O3S. The van der Waals surface area contributed by atoms with Gasteiger partial charge in [-0.05, 0) is 58.9 Å². The van der Waals surface area contributed by atoms with Crippen LogP contribution in [0.4, 0.5) is 11.8 Å². The van der Waals surface area contributed by atoms with Gasteiger partial charge in [0.2, 0.25) is 5.95 Å². The smallest absolute Gasteiger partial charge is 0.227 e. The molecule has 0 amide bonds. The van der Waals surface area contributed by atoms with Gasteiger partial charge in [-0.2, -0.15) is 4.98 Å². The summed E-state index contributed by atoms with van der Waals surface area (Å²) in [4.78, 5) is 21.0. The van der Waals surface area contributed by atoms with E-state index in [2.05, 4.69) is 15.2 Å². The zero-order chi connectivity index (χ0) is 25.1. The van der Waals surface area contributed by atoms with Crippen LogP contribution in [0.15, 0.2) is 12.3 Å². The molecule has 4 N–H and O–H groups in total. The third-order valence-corrected chi connectivity index (χ3v) is 8.30. The minimum atomic E-state index is -1.12. The van der Waals surface area contributed by atoms with Crippen LogP contribution in [-0.2, 0) is 0 Å². The van der Waals surface area contributed by atoms with Gasteiger partial charge in [0.15, 0.2) is 0 Å². The van der Waals surface area contributed by atoms with Gasteiger partial charge in [0.25, 0.3) is 0 Å². The van der Waals surface area contributed by atoms with Crippen molar-refractivity contribution in [2.45, 2.75) is 70.8 Å². The number of fused-ring (bicyclic) bond motifs is 1. The van der Waals surface area contributed by atoms with Gasteiger partial charge in [-0.1, -0.05) is 0 Å². The molecule has 10 heteroatoms. The third kappa shape index (κ3) is 4.72. The highest BCUT2D eigenvalue weighted by molar-refractivity contribution is 7.21. The van der Waals surface area contributed by atoms with E-state index in [0.29, 0.717) is 24.1 Å². The number of aromatic nitrogens is 4. The fourth-order valence-corrected chi connectivity index (χ4v) is 6.11. The minimum Gasteiger partial charge on any atom is -0.390 e. The lowest BCUT2D eigenvalue weighted by atomic mass is 9.88. The number of thiazole rings is 1. The Kier molecular flexibility index (Phi) is 6.19. The Morgan fingerprint density at radius 3 is 2.49 bits per heavy atom. The molecule has 3 aromatic heterocycles. The van der Waals surface area contributed by atoms with Crippen LogP contribution in [0.3, 0.4) is 0 Å². The first kappa shape index (κ1) is 24.3. The molecule has 0 unspecified atom stereocenters. The summed E-state index contributed by atoms with van der Waals surface area (Å²) in [6.07, 6.45) is 2.58. The van der Waals surface area contributed by atoms with E-state index < -0.39 is 29.8 Å². The lowest BCUT2D eigenvalue weighted by molar-refractivity contribution is -0.0601. The van der Waals surface area contributed by atoms with E-state index in [1.165, 1.54) is 12.8 Å². The standard InChI is InChI=1S/C25H34N6O3S/c1-12-18(23-29-19-13(2)26-9-8-17(19)35-23)22(30-24(27-12)31(5)11-14-6-7-14)28-16-10-15(25(3,4)34)20(32)21(16)33/h8-9,14-16,20-21,32-34H,6-7,10-11H2,1-5H3,(H,27,28,30)/t15-,16+,20+,21-/m0/s1. The summed E-state index contributed by atoms with van der Waals surface area (Å²) in [6, 6.07) is 1.48. The van der Waals surface area contributed by atoms with E-state index in [4.69, 9.17) is 15.0 Å². The number of aryl methyl sites for hydroxylation is 2. The minimum absolute atomic E-state index is 0.407. The molecule has 0 radical (unpaired) electrons. The van der Waals surface area contributed by atoms with Gasteiger partial charge >= 0.3 is 0 Å². The van der Waals surface area contributed by atoms with Gasteiger partial charge in [-0.25, -0.2) is 9.97 Å². The number of aliphatic hydroxyl groups is 3. The number of hydrogen-bond acceptors (Lipinski definition) is 10. The fraction of sp³-hybridized carbons (Fsp3) is 0.600. The molecule has 5 rings (SSSR count).